The molecule has 1 aliphatic rings. The number of rotatable bonds is 7. The molecule has 1 amide bonds. The standard InChI is InChI=1S/C19H22N2O4/c1-3-24-19(23)15-10-16(17(21-15)18(22)20-2)25-11-12-4-6-13(7-5-12)14-8-9-14/h4-7,10,14,21H,3,8-9,11H2,1-2H3,(H,20,22). The maximum Gasteiger partial charge on any atom is 0.354 e. The first-order chi connectivity index (χ1) is 12.1. The molecule has 1 heterocycles. The third-order valence-corrected chi connectivity index (χ3v) is 4.15. The van der Waals surface area contributed by atoms with Crippen LogP contribution in [0.3, 0.4) is 0 Å². The topological polar surface area (TPSA) is 80.4 Å². The lowest BCUT2D eigenvalue weighted by Gasteiger charge is -2.07. The minimum atomic E-state index is -0.517. The molecule has 1 aromatic heterocycles. The molecule has 0 atom stereocenters. The highest BCUT2D eigenvalue weighted by molar-refractivity contribution is 5.98. The minimum absolute atomic E-state index is 0.194. The molecule has 6 heteroatoms. The van der Waals surface area contributed by atoms with Crippen LogP contribution in [-0.4, -0.2) is 30.5 Å². The van der Waals surface area contributed by atoms with E-state index in [-0.39, 0.29) is 23.9 Å². The molecule has 0 saturated heterocycles. The van der Waals surface area contributed by atoms with E-state index in [1.54, 1.807) is 6.92 Å². The van der Waals surface area contributed by atoms with Crippen molar-refractivity contribution in [2.24, 2.45) is 0 Å². The van der Waals surface area contributed by atoms with Crippen LogP contribution >= 0.6 is 0 Å². The quantitative estimate of drug-likeness (QED) is 0.758. The third-order valence-electron chi connectivity index (χ3n) is 4.15. The number of aromatic amines is 1. The number of benzene rings is 1. The van der Waals surface area contributed by atoms with Crippen molar-refractivity contribution in [3.8, 4) is 5.75 Å². The van der Waals surface area contributed by atoms with Gasteiger partial charge in [-0.25, -0.2) is 4.79 Å². The van der Waals surface area contributed by atoms with E-state index in [1.807, 2.05) is 12.1 Å². The molecule has 0 bridgehead atoms. The van der Waals surface area contributed by atoms with Crippen molar-refractivity contribution in [3.05, 3.63) is 52.8 Å². The summed E-state index contributed by atoms with van der Waals surface area (Å²) in [5.74, 6) is 0.172. The highest BCUT2D eigenvalue weighted by atomic mass is 16.5. The van der Waals surface area contributed by atoms with E-state index in [0.717, 1.165) is 5.56 Å². The first-order valence-electron chi connectivity index (χ1n) is 8.46. The molecular weight excluding hydrogens is 320 g/mol. The van der Waals surface area contributed by atoms with Crippen LogP contribution in [0.15, 0.2) is 30.3 Å². The fraction of sp³-hybridized carbons (Fsp3) is 0.368. The summed E-state index contributed by atoms with van der Waals surface area (Å²) in [6.45, 7) is 2.30. The van der Waals surface area contributed by atoms with E-state index in [0.29, 0.717) is 18.3 Å². The summed E-state index contributed by atoms with van der Waals surface area (Å²) in [5.41, 5.74) is 2.77. The van der Waals surface area contributed by atoms with Gasteiger partial charge < -0.3 is 19.8 Å². The Morgan fingerprint density at radius 2 is 1.96 bits per heavy atom. The molecule has 3 rings (SSSR count). The van der Waals surface area contributed by atoms with Crippen molar-refractivity contribution >= 4 is 11.9 Å². The largest absolute Gasteiger partial charge is 0.486 e. The molecule has 132 valence electrons. The number of amides is 1. The van der Waals surface area contributed by atoms with E-state index >= 15 is 0 Å². The number of nitrogens with one attached hydrogen (secondary N) is 2. The number of esters is 1. The first kappa shape index (κ1) is 17.1. The number of aromatic nitrogens is 1. The van der Waals surface area contributed by atoms with Crippen LogP contribution in [0.25, 0.3) is 0 Å². The highest BCUT2D eigenvalue weighted by Gasteiger charge is 2.23. The molecule has 25 heavy (non-hydrogen) atoms. The van der Waals surface area contributed by atoms with Crippen LogP contribution in [-0.2, 0) is 11.3 Å². The number of hydrogen-bond acceptors (Lipinski definition) is 4. The Kier molecular flexibility index (Phi) is 5.07. The second-order valence-electron chi connectivity index (χ2n) is 6.03. The summed E-state index contributed by atoms with van der Waals surface area (Å²) in [4.78, 5) is 26.6. The van der Waals surface area contributed by atoms with Gasteiger partial charge in [0.15, 0.2) is 5.75 Å². The van der Waals surface area contributed by atoms with E-state index in [1.165, 1.54) is 31.5 Å². The molecule has 2 N–H and O–H groups in total. The van der Waals surface area contributed by atoms with Crippen molar-refractivity contribution in [2.45, 2.75) is 32.3 Å². The summed E-state index contributed by atoms with van der Waals surface area (Å²) in [7, 11) is 1.52. The molecule has 1 fully saturated rings. The normalized spacial score (nSPS) is 13.4. The molecule has 0 unspecified atom stereocenters. The number of H-pyrrole nitrogens is 1. The Hall–Kier alpha value is -2.76. The Morgan fingerprint density at radius 3 is 2.56 bits per heavy atom. The third kappa shape index (κ3) is 4.02. The molecule has 1 saturated carbocycles. The molecule has 0 radical (unpaired) electrons. The van der Waals surface area contributed by atoms with E-state index in [2.05, 4.69) is 22.4 Å². The summed E-state index contributed by atoms with van der Waals surface area (Å²) in [6.07, 6.45) is 2.54. The average Bonchev–Trinajstić information content (AvgIpc) is 3.39. The van der Waals surface area contributed by atoms with Crippen LogP contribution in [0.2, 0.25) is 0 Å². The zero-order valence-electron chi connectivity index (χ0n) is 14.4. The number of carbonyl (C=O) groups is 2. The monoisotopic (exact) mass is 342 g/mol. The second-order valence-corrected chi connectivity index (χ2v) is 6.03. The molecule has 1 aliphatic carbocycles. The predicted molar refractivity (Wildman–Crippen MR) is 92.9 cm³/mol. The Balaban J connectivity index is 1.73. The Morgan fingerprint density at radius 1 is 1.24 bits per heavy atom. The summed E-state index contributed by atoms with van der Waals surface area (Å²) < 4.78 is 10.7. The van der Waals surface area contributed by atoms with Gasteiger partial charge in [0.05, 0.1) is 6.61 Å². The zero-order chi connectivity index (χ0) is 17.8. The Labute approximate surface area is 146 Å². The Bertz CT molecular complexity index is 760. The van der Waals surface area contributed by atoms with Crippen molar-refractivity contribution in [1.29, 1.82) is 0 Å². The summed E-state index contributed by atoms with van der Waals surface area (Å²) >= 11 is 0. The van der Waals surface area contributed by atoms with Crippen LogP contribution in [0.4, 0.5) is 0 Å². The molecule has 0 aliphatic heterocycles. The minimum Gasteiger partial charge on any atom is -0.486 e. The predicted octanol–water partition coefficient (Wildman–Crippen LogP) is 3.01. The van der Waals surface area contributed by atoms with Crippen LogP contribution in [0, 0.1) is 0 Å². The maximum atomic E-state index is 12.0. The van der Waals surface area contributed by atoms with Gasteiger partial charge in [0.2, 0.25) is 0 Å². The molecule has 1 aromatic carbocycles. The van der Waals surface area contributed by atoms with Crippen LogP contribution in [0.5, 0.6) is 5.75 Å². The molecule has 6 nitrogen and oxygen atoms in total. The lowest BCUT2D eigenvalue weighted by atomic mass is 10.1. The van der Waals surface area contributed by atoms with Crippen molar-refractivity contribution in [1.82, 2.24) is 10.3 Å². The zero-order valence-corrected chi connectivity index (χ0v) is 14.4. The van der Waals surface area contributed by atoms with Gasteiger partial charge in [-0.1, -0.05) is 24.3 Å². The molecule has 2 aromatic rings. The van der Waals surface area contributed by atoms with Crippen LogP contribution < -0.4 is 10.1 Å². The highest BCUT2D eigenvalue weighted by Crippen LogP contribution is 2.39. The summed E-state index contributed by atoms with van der Waals surface area (Å²) in [5, 5.41) is 2.53. The lowest BCUT2D eigenvalue weighted by Crippen LogP contribution is -2.19. The van der Waals surface area contributed by atoms with Crippen molar-refractivity contribution in [3.63, 3.8) is 0 Å². The van der Waals surface area contributed by atoms with Crippen molar-refractivity contribution < 1.29 is 19.1 Å². The molecule has 0 spiro atoms. The number of carbonyl (C=O) groups excluding carboxylic acids is 2. The van der Waals surface area contributed by atoms with Crippen LogP contribution in [0.1, 0.15) is 57.8 Å². The number of ether oxygens (including phenoxy) is 2. The maximum absolute atomic E-state index is 12.0. The van der Waals surface area contributed by atoms with Gasteiger partial charge >= 0.3 is 5.97 Å². The first-order valence-corrected chi connectivity index (χ1v) is 8.46. The lowest BCUT2D eigenvalue weighted by molar-refractivity contribution is 0.0520. The van der Waals surface area contributed by atoms with E-state index < -0.39 is 5.97 Å². The smallest absolute Gasteiger partial charge is 0.354 e. The van der Waals surface area contributed by atoms with Gasteiger partial charge in [-0.3, -0.25) is 4.79 Å². The van der Waals surface area contributed by atoms with E-state index in [4.69, 9.17) is 9.47 Å². The van der Waals surface area contributed by atoms with E-state index in [9.17, 15) is 9.59 Å². The number of hydrogen-bond donors (Lipinski definition) is 2. The molecular formula is C19H22N2O4. The van der Waals surface area contributed by atoms with Gasteiger partial charge in [-0.15, -0.1) is 0 Å². The van der Waals surface area contributed by atoms with Gasteiger partial charge in [0.25, 0.3) is 5.91 Å². The fourth-order valence-electron chi connectivity index (χ4n) is 2.63. The average molecular weight is 342 g/mol. The second kappa shape index (κ2) is 7.42. The fourth-order valence-corrected chi connectivity index (χ4v) is 2.63. The SMILES string of the molecule is CCOC(=O)c1cc(OCc2ccc(C3CC3)cc2)c(C(=O)NC)[nH]1. The van der Waals surface area contributed by atoms with Gasteiger partial charge in [0.1, 0.15) is 18.0 Å². The van der Waals surface area contributed by atoms with Crippen molar-refractivity contribution in [2.75, 3.05) is 13.7 Å². The summed E-state index contributed by atoms with van der Waals surface area (Å²) in [6, 6.07) is 9.81. The van der Waals surface area contributed by atoms with Gasteiger partial charge in [-0.05, 0) is 36.8 Å². The van der Waals surface area contributed by atoms with Gasteiger partial charge in [0, 0.05) is 13.1 Å². The van der Waals surface area contributed by atoms with Gasteiger partial charge in [-0.2, -0.15) is 0 Å².